The van der Waals surface area contributed by atoms with Crippen LogP contribution in [0.4, 0.5) is 0 Å². The fourth-order valence-corrected chi connectivity index (χ4v) is 3.49. The van der Waals surface area contributed by atoms with Gasteiger partial charge in [0.25, 0.3) is 0 Å². The molecular weight excluding hydrogens is 330 g/mol. The van der Waals surface area contributed by atoms with Gasteiger partial charge in [0.15, 0.2) is 0 Å². The molecule has 3 rings (SSSR count). The Morgan fingerprint density at radius 3 is 1.81 bits per heavy atom. The van der Waals surface area contributed by atoms with Gasteiger partial charge in [0.2, 0.25) is 0 Å². The number of ether oxygens (including phenoxy) is 1. The monoisotopic (exact) mass is 355 g/mol. The van der Waals surface area contributed by atoms with E-state index in [1.165, 1.54) is 16.7 Å². The largest absolute Gasteiger partial charge is 0.497 e. The van der Waals surface area contributed by atoms with E-state index >= 15 is 0 Å². The maximum absolute atomic E-state index is 5.45. The van der Waals surface area contributed by atoms with Crippen LogP contribution in [-0.4, -0.2) is 13.7 Å². The number of unbranched alkanes of at least 4 members (excludes halogenated alkanes) is 1. The molecule has 0 aliphatic heterocycles. The summed E-state index contributed by atoms with van der Waals surface area (Å²) in [5.41, 5.74) is 3.11. The Morgan fingerprint density at radius 1 is 0.815 bits per heavy atom. The van der Waals surface area contributed by atoms with Gasteiger partial charge in [0, 0.05) is 6.42 Å². The van der Waals surface area contributed by atoms with Crippen LogP contribution in [0.2, 0.25) is 0 Å². The number of terminal acetylenes is 1. The van der Waals surface area contributed by atoms with Gasteiger partial charge in [-0.05, 0) is 41.8 Å². The van der Waals surface area contributed by atoms with E-state index in [2.05, 4.69) is 71.9 Å². The summed E-state index contributed by atoms with van der Waals surface area (Å²) in [6, 6.07) is 29.4. The molecule has 3 aromatic rings. The average Bonchev–Trinajstić information content (AvgIpc) is 2.75. The van der Waals surface area contributed by atoms with Gasteiger partial charge in [-0.1, -0.05) is 72.8 Å². The van der Waals surface area contributed by atoms with Gasteiger partial charge in [-0.15, -0.1) is 12.3 Å². The topological polar surface area (TPSA) is 21.3 Å². The molecule has 0 unspecified atom stereocenters. The molecule has 0 saturated carbocycles. The lowest BCUT2D eigenvalue weighted by molar-refractivity contribution is 0.413. The molecule has 0 radical (unpaired) electrons. The highest BCUT2D eigenvalue weighted by Crippen LogP contribution is 2.37. The highest BCUT2D eigenvalue weighted by molar-refractivity contribution is 5.50. The van der Waals surface area contributed by atoms with E-state index in [0.717, 1.165) is 25.1 Å². The molecule has 0 saturated heterocycles. The predicted octanol–water partition coefficient (Wildman–Crippen LogP) is 4.99. The third-order valence-corrected chi connectivity index (χ3v) is 4.82. The van der Waals surface area contributed by atoms with Crippen molar-refractivity contribution >= 4 is 0 Å². The van der Waals surface area contributed by atoms with Crippen LogP contribution in [0.5, 0.6) is 5.75 Å². The molecule has 3 aromatic carbocycles. The van der Waals surface area contributed by atoms with Gasteiger partial charge >= 0.3 is 0 Å². The summed E-state index contributed by atoms with van der Waals surface area (Å²) < 4.78 is 5.36. The molecule has 0 amide bonds. The molecule has 27 heavy (non-hydrogen) atoms. The summed E-state index contributed by atoms with van der Waals surface area (Å²) in [5, 5.41) is 3.82. The summed E-state index contributed by atoms with van der Waals surface area (Å²) in [6.45, 7) is 0.819. The molecule has 0 aliphatic carbocycles. The van der Waals surface area contributed by atoms with Crippen LogP contribution in [0.3, 0.4) is 0 Å². The van der Waals surface area contributed by atoms with E-state index in [4.69, 9.17) is 11.2 Å². The molecule has 0 bridgehead atoms. The van der Waals surface area contributed by atoms with Crippen molar-refractivity contribution < 1.29 is 4.74 Å². The Hall–Kier alpha value is -3.02. The van der Waals surface area contributed by atoms with Crippen molar-refractivity contribution in [2.45, 2.75) is 18.4 Å². The summed E-state index contributed by atoms with van der Waals surface area (Å²) in [5.74, 6) is 3.58. The number of rotatable bonds is 8. The van der Waals surface area contributed by atoms with Crippen LogP contribution in [0, 0.1) is 12.3 Å². The molecular formula is C25H25NO. The van der Waals surface area contributed by atoms with Crippen molar-refractivity contribution in [1.29, 1.82) is 0 Å². The van der Waals surface area contributed by atoms with E-state index in [1.54, 1.807) is 7.11 Å². The van der Waals surface area contributed by atoms with Crippen molar-refractivity contribution in [2.75, 3.05) is 13.7 Å². The van der Waals surface area contributed by atoms with E-state index in [-0.39, 0.29) is 0 Å². The third-order valence-electron chi connectivity index (χ3n) is 4.82. The summed E-state index contributed by atoms with van der Waals surface area (Å²) in [4.78, 5) is 0. The average molecular weight is 355 g/mol. The second-order valence-corrected chi connectivity index (χ2v) is 6.45. The zero-order chi connectivity index (χ0) is 19.0. The first kappa shape index (κ1) is 18.8. The van der Waals surface area contributed by atoms with Gasteiger partial charge in [0.05, 0.1) is 12.6 Å². The molecule has 0 atom stereocenters. The molecule has 2 heteroatoms. The highest BCUT2D eigenvalue weighted by Gasteiger charge is 2.35. The van der Waals surface area contributed by atoms with Crippen molar-refractivity contribution in [1.82, 2.24) is 5.32 Å². The van der Waals surface area contributed by atoms with Gasteiger partial charge in [0.1, 0.15) is 5.75 Å². The van der Waals surface area contributed by atoms with Crippen molar-refractivity contribution in [2.24, 2.45) is 0 Å². The minimum absolute atomic E-state index is 0.455. The van der Waals surface area contributed by atoms with Crippen molar-refractivity contribution in [3.63, 3.8) is 0 Å². The van der Waals surface area contributed by atoms with E-state index in [0.29, 0.717) is 0 Å². The molecule has 0 fully saturated rings. The summed E-state index contributed by atoms with van der Waals surface area (Å²) >= 11 is 0. The number of benzene rings is 3. The summed E-state index contributed by atoms with van der Waals surface area (Å²) in [7, 11) is 1.69. The molecule has 0 aliphatic rings. The van der Waals surface area contributed by atoms with Crippen LogP contribution < -0.4 is 10.1 Å². The van der Waals surface area contributed by atoms with E-state index in [1.807, 2.05) is 24.3 Å². The Kier molecular flexibility index (Phi) is 6.30. The Labute approximate surface area is 162 Å². The molecule has 0 heterocycles. The van der Waals surface area contributed by atoms with Crippen molar-refractivity contribution in [3.05, 3.63) is 102 Å². The van der Waals surface area contributed by atoms with Crippen molar-refractivity contribution in [3.8, 4) is 18.1 Å². The van der Waals surface area contributed by atoms with Crippen LogP contribution >= 0.6 is 0 Å². The lowest BCUT2D eigenvalue weighted by atomic mass is 9.77. The van der Waals surface area contributed by atoms with Crippen LogP contribution in [0.1, 0.15) is 29.5 Å². The second kappa shape index (κ2) is 9.07. The fraction of sp³-hybridized carbons (Fsp3) is 0.200. The van der Waals surface area contributed by atoms with Gasteiger partial charge < -0.3 is 4.74 Å². The SMILES string of the molecule is C#CCCCNC(c1ccccc1)(c1ccccc1)c1ccc(OC)cc1. The van der Waals surface area contributed by atoms with Gasteiger partial charge in [-0.25, -0.2) is 0 Å². The molecule has 0 spiro atoms. The summed E-state index contributed by atoms with van der Waals surface area (Å²) in [6.07, 6.45) is 7.14. The minimum atomic E-state index is -0.455. The van der Waals surface area contributed by atoms with Crippen LogP contribution in [-0.2, 0) is 5.54 Å². The maximum atomic E-state index is 5.45. The first-order chi connectivity index (χ1) is 13.3. The first-order valence-corrected chi connectivity index (χ1v) is 9.25. The zero-order valence-corrected chi connectivity index (χ0v) is 15.7. The lowest BCUT2D eigenvalue weighted by Gasteiger charge is -2.37. The first-order valence-electron chi connectivity index (χ1n) is 9.25. The van der Waals surface area contributed by atoms with Gasteiger partial charge in [-0.3, -0.25) is 5.32 Å². The molecule has 136 valence electrons. The normalized spacial score (nSPS) is 11.0. The number of hydrogen-bond acceptors (Lipinski definition) is 2. The number of methoxy groups -OCH3 is 1. The van der Waals surface area contributed by atoms with Crippen LogP contribution in [0.25, 0.3) is 0 Å². The Balaban J connectivity index is 2.16. The second-order valence-electron chi connectivity index (χ2n) is 6.45. The lowest BCUT2D eigenvalue weighted by Crippen LogP contribution is -2.45. The molecule has 2 nitrogen and oxygen atoms in total. The Morgan fingerprint density at radius 2 is 1.33 bits per heavy atom. The van der Waals surface area contributed by atoms with E-state index < -0.39 is 5.54 Å². The zero-order valence-electron chi connectivity index (χ0n) is 15.7. The maximum Gasteiger partial charge on any atom is 0.118 e. The van der Waals surface area contributed by atoms with Gasteiger partial charge in [-0.2, -0.15) is 0 Å². The fourth-order valence-electron chi connectivity index (χ4n) is 3.49. The minimum Gasteiger partial charge on any atom is -0.497 e. The molecule has 0 aromatic heterocycles. The quantitative estimate of drug-likeness (QED) is 0.349. The smallest absolute Gasteiger partial charge is 0.118 e. The highest BCUT2D eigenvalue weighted by atomic mass is 16.5. The third kappa shape index (κ3) is 4.05. The standard InChI is InChI=1S/C25H25NO/c1-3-4-11-20-26-25(21-12-7-5-8-13-21,22-14-9-6-10-15-22)23-16-18-24(27-2)19-17-23/h1,5-10,12-19,26H,4,11,20H2,2H3. The molecule has 1 N–H and O–H groups in total. The number of hydrogen-bond donors (Lipinski definition) is 1. The number of nitrogens with one attached hydrogen (secondary N) is 1. The van der Waals surface area contributed by atoms with Crippen LogP contribution in [0.15, 0.2) is 84.9 Å². The van der Waals surface area contributed by atoms with E-state index in [9.17, 15) is 0 Å². The predicted molar refractivity (Wildman–Crippen MR) is 112 cm³/mol. The Bertz CT molecular complexity index is 824.